The fourth-order valence-electron chi connectivity index (χ4n) is 2.59. The molecular weight excluding hydrogens is 318 g/mol. The largest absolute Gasteiger partial charge is 0.396 e. The van der Waals surface area contributed by atoms with Gasteiger partial charge in [0, 0.05) is 29.9 Å². The van der Waals surface area contributed by atoms with Crippen LogP contribution in [-0.2, 0) is 6.54 Å². The van der Waals surface area contributed by atoms with Gasteiger partial charge >= 0.3 is 0 Å². The van der Waals surface area contributed by atoms with Gasteiger partial charge in [-0.05, 0) is 60.3 Å². The van der Waals surface area contributed by atoms with Crippen molar-refractivity contribution in [2.75, 3.05) is 13.2 Å². The Labute approximate surface area is 127 Å². The van der Waals surface area contributed by atoms with Gasteiger partial charge in [-0.3, -0.25) is 4.90 Å². The molecule has 3 rings (SSSR count). The van der Waals surface area contributed by atoms with Gasteiger partial charge in [0.2, 0.25) is 0 Å². The van der Waals surface area contributed by atoms with Gasteiger partial charge in [-0.2, -0.15) is 0 Å². The molecule has 0 aliphatic heterocycles. The molecule has 1 aliphatic rings. The Bertz CT molecular complexity index is 580. The van der Waals surface area contributed by atoms with Crippen LogP contribution in [0.5, 0.6) is 0 Å². The van der Waals surface area contributed by atoms with E-state index in [9.17, 15) is 0 Å². The van der Waals surface area contributed by atoms with Crippen molar-refractivity contribution >= 4 is 21.6 Å². The number of rotatable bonds is 7. The van der Waals surface area contributed by atoms with Crippen LogP contribution in [-0.4, -0.2) is 38.6 Å². The zero-order chi connectivity index (χ0) is 13.9. The van der Waals surface area contributed by atoms with Gasteiger partial charge in [-0.25, -0.2) is 4.98 Å². The highest BCUT2D eigenvalue weighted by Gasteiger charge is 2.29. The summed E-state index contributed by atoms with van der Waals surface area (Å²) in [7, 11) is 0. The molecule has 2 heterocycles. The summed E-state index contributed by atoms with van der Waals surface area (Å²) in [5.41, 5.74) is 2.23. The molecule has 0 amide bonds. The Balaban J connectivity index is 1.74. The summed E-state index contributed by atoms with van der Waals surface area (Å²) >= 11 is 3.52. The molecule has 20 heavy (non-hydrogen) atoms. The maximum atomic E-state index is 8.92. The molecular formula is C15H20BrN3O. The predicted octanol–water partition coefficient (Wildman–Crippen LogP) is 2.83. The maximum Gasteiger partial charge on any atom is 0.136 e. The number of unbranched alkanes of at least 4 members (excludes halogenated alkanes) is 1. The van der Waals surface area contributed by atoms with Crippen LogP contribution in [0.1, 0.15) is 31.4 Å². The number of halogens is 1. The number of hydrogen-bond acceptors (Lipinski definition) is 3. The van der Waals surface area contributed by atoms with Crippen molar-refractivity contribution in [1.29, 1.82) is 0 Å². The predicted molar refractivity (Wildman–Crippen MR) is 82.6 cm³/mol. The van der Waals surface area contributed by atoms with Crippen LogP contribution in [0.3, 0.4) is 0 Å². The molecule has 2 aromatic rings. The highest BCUT2D eigenvalue weighted by molar-refractivity contribution is 9.10. The highest BCUT2D eigenvalue weighted by atomic mass is 79.9. The van der Waals surface area contributed by atoms with Crippen molar-refractivity contribution < 1.29 is 5.11 Å². The third-order valence-corrected chi connectivity index (χ3v) is 4.30. The third kappa shape index (κ3) is 3.22. The molecule has 0 radical (unpaired) electrons. The van der Waals surface area contributed by atoms with Crippen LogP contribution in [0.25, 0.3) is 5.65 Å². The summed E-state index contributed by atoms with van der Waals surface area (Å²) in [5.74, 6) is 0. The minimum Gasteiger partial charge on any atom is -0.396 e. The molecule has 0 spiro atoms. The average Bonchev–Trinajstić information content (AvgIpc) is 3.21. The number of fused-ring (bicyclic) bond motifs is 1. The lowest BCUT2D eigenvalue weighted by Gasteiger charge is -2.21. The summed E-state index contributed by atoms with van der Waals surface area (Å²) in [4.78, 5) is 6.99. The molecule has 1 aliphatic carbocycles. The van der Waals surface area contributed by atoms with Crippen molar-refractivity contribution in [3.8, 4) is 0 Å². The van der Waals surface area contributed by atoms with Crippen molar-refractivity contribution in [2.24, 2.45) is 0 Å². The van der Waals surface area contributed by atoms with E-state index in [2.05, 4.69) is 36.4 Å². The SMILES string of the molecule is OCCCCN(Cc1cnc2ccc(Br)cn12)C1CC1. The van der Waals surface area contributed by atoms with Crippen LogP contribution in [0.2, 0.25) is 0 Å². The van der Waals surface area contributed by atoms with Crippen LogP contribution >= 0.6 is 15.9 Å². The lowest BCUT2D eigenvalue weighted by Crippen LogP contribution is -2.27. The molecule has 0 unspecified atom stereocenters. The normalized spacial score (nSPS) is 15.3. The Kier molecular flexibility index (Phi) is 4.38. The van der Waals surface area contributed by atoms with Crippen molar-refractivity contribution in [3.05, 3.63) is 34.7 Å². The van der Waals surface area contributed by atoms with Gasteiger partial charge < -0.3 is 9.51 Å². The van der Waals surface area contributed by atoms with Gasteiger partial charge in [0.1, 0.15) is 5.65 Å². The molecule has 1 N–H and O–H groups in total. The number of imidazole rings is 1. The second-order valence-corrected chi connectivity index (χ2v) is 6.37. The zero-order valence-electron chi connectivity index (χ0n) is 11.5. The number of aromatic nitrogens is 2. The Morgan fingerprint density at radius 3 is 2.95 bits per heavy atom. The molecule has 0 atom stereocenters. The molecule has 2 aromatic heterocycles. The first-order valence-corrected chi connectivity index (χ1v) is 8.03. The quantitative estimate of drug-likeness (QED) is 0.790. The maximum absolute atomic E-state index is 8.92. The van der Waals surface area contributed by atoms with E-state index in [1.54, 1.807) is 0 Å². The first kappa shape index (κ1) is 14.0. The number of hydrogen-bond donors (Lipinski definition) is 1. The van der Waals surface area contributed by atoms with E-state index in [-0.39, 0.29) is 0 Å². The third-order valence-electron chi connectivity index (χ3n) is 3.83. The van der Waals surface area contributed by atoms with Crippen molar-refractivity contribution in [3.63, 3.8) is 0 Å². The van der Waals surface area contributed by atoms with Crippen LogP contribution < -0.4 is 0 Å². The van der Waals surface area contributed by atoms with E-state index >= 15 is 0 Å². The van der Waals surface area contributed by atoms with Crippen LogP contribution in [0.15, 0.2) is 29.0 Å². The van der Waals surface area contributed by atoms with Gasteiger partial charge in [-0.15, -0.1) is 0 Å². The molecule has 0 aromatic carbocycles. The second-order valence-electron chi connectivity index (χ2n) is 5.46. The average molecular weight is 338 g/mol. The standard InChI is InChI=1S/C15H20BrN3O/c16-12-3-6-15-17-9-14(19(15)10-12)11-18(13-4-5-13)7-1-2-8-20/h3,6,9-10,13,20H,1-2,4-5,7-8,11H2. The van der Waals surface area contributed by atoms with Gasteiger partial charge in [0.15, 0.2) is 0 Å². The van der Waals surface area contributed by atoms with Crippen molar-refractivity contribution in [1.82, 2.24) is 14.3 Å². The van der Waals surface area contributed by atoms with E-state index in [0.29, 0.717) is 6.61 Å². The van der Waals surface area contributed by atoms with Gasteiger partial charge in [-0.1, -0.05) is 0 Å². The minimum atomic E-state index is 0.293. The minimum absolute atomic E-state index is 0.293. The van der Waals surface area contributed by atoms with E-state index in [4.69, 9.17) is 5.11 Å². The highest BCUT2D eigenvalue weighted by Crippen LogP contribution is 2.28. The van der Waals surface area contributed by atoms with Crippen molar-refractivity contribution in [2.45, 2.75) is 38.3 Å². The summed E-state index contributed by atoms with van der Waals surface area (Å²) < 4.78 is 3.23. The lowest BCUT2D eigenvalue weighted by atomic mass is 10.3. The topological polar surface area (TPSA) is 40.8 Å². The molecule has 4 nitrogen and oxygen atoms in total. The number of nitrogens with zero attached hydrogens (tertiary/aromatic N) is 3. The molecule has 5 heteroatoms. The van der Waals surface area contributed by atoms with Gasteiger partial charge in [0.05, 0.1) is 11.9 Å². The van der Waals surface area contributed by atoms with E-state index in [1.165, 1.54) is 18.5 Å². The van der Waals surface area contributed by atoms with E-state index in [1.807, 2.05) is 18.3 Å². The number of aliphatic hydroxyl groups is 1. The summed E-state index contributed by atoms with van der Waals surface area (Å²) in [5, 5.41) is 8.92. The molecule has 0 saturated heterocycles. The molecule has 108 valence electrons. The zero-order valence-corrected chi connectivity index (χ0v) is 13.1. The van der Waals surface area contributed by atoms with Crippen LogP contribution in [0.4, 0.5) is 0 Å². The Morgan fingerprint density at radius 1 is 1.35 bits per heavy atom. The first-order valence-electron chi connectivity index (χ1n) is 7.24. The Morgan fingerprint density at radius 2 is 2.20 bits per heavy atom. The van der Waals surface area contributed by atoms with E-state index in [0.717, 1.165) is 42.1 Å². The summed E-state index contributed by atoms with van der Waals surface area (Å²) in [6, 6.07) is 4.78. The first-order chi connectivity index (χ1) is 9.78. The van der Waals surface area contributed by atoms with Gasteiger partial charge in [0.25, 0.3) is 0 Å². The van der Waals surface area contributed by atoms with E-state index < -0.39 is 0 Å². The molecule has 1 fully saturated rings. The fraction of sp³-hybridized carbons (Fsp3) is 0.533. The molecule has 0 bridgehead atoms. The monoisotopic (exact) mass is 337 g/mol. The summed E-state index contributed by atoms with van der Waals surface area (Å²) in [6.45, 7) is 2.29. The Hall–Kier alpha value is -0.910. The smallest absolute Gasteiger partial charge is 0.136 e. The lowest BCUT2D eigenvalue weighted by molar-refractivity contribution is 0.226. The second kappa shape index (κ2) is 6.24. The fourth-order valence-corrected chi connectivity index (χ4v) is 2.92. The number of pyridine rings is 1. The summed E-state index contributed by atoms with van der Waals surface area (Å²) in [6.07, 6.45) is 8.62. The molecule has 1 saturated carbocycles. The number of aliphatic hydroxyl groups excluding tert-OH is 1. The van der Waals surface area contributed by atoms with Crippen LogP contribution in [0, 0.1) is 0 Å².